The number of rotatable bonds is 2. The van der Waals surface area contributed by atoms with E-state index in [9.17, 15) is 0 Å². The van der Waals surface area contributed by atoms with Crippen molar-refractivity contribution in [3.63, 3.8) is 0 Å². The van der Waals surface area contributed by atoms with E-state index < -0.39 is 0 Å². The Morgan fingerprint density at radius 3 is 1.75 bits per heavy atom. The van der Waals surface area contributed by atoms with Gasteiger partial charge in [-0.15, -0.1) is 0 Å². The zero-order valence-corrected chi connectivity index (χ0v) is 20.6. The third-order valence-corrected chi connectivity index (χ3v) is 7.31. The summed E-state index contributed by atoms with van der Waals surface area (Å²) in [5.41, 5.74) is 7.89. The average Bonchev–Trinajstić information content (AvgIpc) is 2.91. The summed E-state index contributed by atoms with van der Waals surface area (Å²) < 4.78 is 0. The normalized spacial score (nSPS) is 11.6. The van der Waals surface area contributed by atoms with Crippen molar-refractivity contribution in [2.45, 2.75) is 6.92 Å². The van der Waals surface area contributed by atoms with Gasteiger partial charge >= 0.3 is 0 Å². The van der Waals surface area contributed by atoms with Gasteiger partial charge in [-0.1, -0.05) is 109 Å². The van der Waals surface area contributed by atoms with Crippen molar-refractivity contribution in [3.05, 3.63) is 126 Å². The smallest absolute Gasteiger partial charge is 0.0794 e. The van der Waals surface area contributed by atoms with Crippen LogP contribution in [-0.4, -0.2) is 4.98 Å². The van der Waals surface area contributed by atoms with E-state index in [4.69, 9.17) is 16.6 Å². The van der Waals surface area contributed by atoms with Crippen molar-refractivity contribution in [1.82, 2.24) is 4.98 Å². The fourth-order valence-electron chi connectivity index (χ4n) is 5.48. The molecule has 0 atom stereocenters. The molecule has 0 saturated heterocycles. The quantitative estimate of drug-likeness (QED) is 0.177. The van der Waals surface area contributed by atoms with E-state index in [1.165, 1.54) is 32.7 Å². The largest absolute Gasteiger partial charge is 0.246 e. The van der Waals surface area contributed by atoms with Gasteiger partial charge in [0.2, 0.25) is 0 Å². The topological polar surface area (TPSA) is 12.9 Å². The summed E-state index contributed by atoms with van der Waals surface area (Å²) in [6.45, 7) is 2.08. The molecule has 36 heavy (non-hydrogen) atoms. The van der Waals surface area contributed by atoms with Crippen molar-refractivity contribution in [2.75, 3.05) is 0 Å². The molecule has 0 aliphatic carbocycles. The molecular formula is C34H22ClN. The lowest BCUT2D eigenvalue weighted by atomic mass is 9.91. The maximum absolute atomic E-state index is 6.42. The van der Waals surface area contributed by atoms with Gasteiger partial charge in [-0.2, -0.15) is 0 Å². The molecule has 7 rings (SSSR count). The maximum atomic E-state index is 6.42. The van der Waals surface area contributed by atoms with Gasteiger partial charge in [0.1, 0.15) is 0 Å². The van der Waals surface area contributed by atoms with Crippen molar-refractivity contribution >= 4 is 55.0 Å². The third kappa shape index (κ3) is 3.36. The zero-order valence-electron chi connectivity index (χ0n) is 19.8. The van der Waals surface area contributed by atoms with Crippen LogP contribution < -0.4 is 0 Å². The summed E-state index contributed by atoms with van der Waals surface area (Å²) in [7, 11) is 0. The first kappa shape index (κ1) is 21.1. The number of nitrogens with zero attached hydrogens (tertiary/aromatic N) is 1. The molecule has 1 aromatic heterocycles. The zero-order chi connectivity index (χ0) is 24.2. The van der Waals surface area contributed by atoms with Crippen LogP contribution in [-0.2, 0) is 0 Å². The molecule has 0 aliphatic heterocycles. The van der Waals surface area contributed by atoms with E-state index in [1.54, 1.807) is 0 Å². The highest BCUT2D eigenvalue weighted by Crippen LogP contribution is 2.40. The maximum Gasteiger partial charge on any atom is 0.0794 e. The van der Waals surface area contributed by atoms with E-state index in [-0.39, 0.29) is 0 Å². The van der Waals surface area contributed by atoms with Gasteiger partial charge in [0.15, 0.2) is 0 Å². The average molecular weight is 480 g/mol. The van der Waals surface area contributed by atoms with E-state index in [0.717, 1.165) is 43.5 Å². The van der Waals surface area contributed by atoms with Gasteiger partial charge in [0.05, 0.1) is 11.0 Å². The molecule has 170 valence electrons. The Hall–Kier alpha value is -4.20. The van der Waals surface area contributed by atoms with E-state index >= 15 is 0 Å². The summed E-state index contributed by atoms with van der Waals surface area (Å²) in [5.74, 6) is 0. The number of fused-ring (bicyclic) bond motifs is 6. The van der Waals surface area contributed by atoms with Crippen LogP contribution in [0.15, 0.2) is 115 Å². The number of benzene rings is 6. The SMILES string of the molecule is Cc1cc(Cl)cc(-c2cccc(-c3c4ccc5ccccc5c4nc4c3ccc3ccccc34)c2)c1. The summed E-state index contributed by atoms with van der Waals surface area (Å²) in [6, 6.07) is 40.9. The number of aryl methyl sites for hydroxylation is 1. The number of halogens is 1. The van der Waals surface area contributed by atoms with Crippen LogP contribution in [0, 0.1) is 6.92 Å². The molecule has 0 saturated carbocycles. The number of hydrogen-bond acceptors (Lipinski definition) is 1. The molecule has 6 aromatic carbocycles. The second-order valence-electron chi connectivity index (χ2n) is 9.45. The lowest BCUT2D eigenvalue weighted by Crippen LogP contribution is -1.92. The summed E-state index contributed by atoms with van der Waals surface area (Å²) in [5, 5.41) is 7.83. The minimum atomic E-state index is 0.758. The molecule has 0 unspecified atom stereocenters. The first-order valence-corrected chi connectivity index (χ1v) is 12.5. The standard InChI is InChI=1S/C34H22ClN/c1-21-17-26(20-27(35)18-21)24-9-6-10-25(19-24)32-30-15-13-22-7-2-4-11-28(22)33(30)36-34-29-12-5-3-8-23(29)14-16-31(32)34/h2-20H,1H3. The molecule has 0 radical (unpaired) electrons. The van der Waals surface area contributed by atoms with Gasteiger partial charge in [-0.3, -0.25) is 0 Å². The fourth-order valence-corrected chi connectivity index (χ4v) is 5.77. The highest BCUT2D eigenvalue weighted by Gasteiger charge is 2.16. The lowest BCUT2D eigenvalue weighted by Gasteiger charge is -2.15. The second kappa shape index (κ2) is 8.19. The number of aromatic nitrogens is 1. The Bertz CT molecular complexity index is 1860. The van der Waals surface area contributed by atoms with Gasteiger partial charge in [-0.05, 0) is 58.1 Å². The van der Waals surface area contributed by atoms with Crippen LogP contribution >= 0.6 is 11.6 Å². The fraction of sp³-hybridized carbons (Fsp3) is 0.0294. The van der Waals surface area contributed by atoms with Crippen molar-refractivity contribution in [2.24, 2.45) is 0 Å². The minimum absolute atomic E-state index is 0.758. The molecule has 0 aliphatic rings. The molecule has 1 heterocycles. The van der Waals surface area contributed by atoms with Crippen molar-refractivity contribution in [3.8, 4) is 22.3 Å². The predicted molar refractivity (Wildman–Crippen MR) is 155 cm³/mol. The molecule has 0 spiro atoms. The van der Waals surface area contributed by atoms with Gasteiger partial charge in [0, 0.05) is 32.1 Å². The van der Waals surface area contributed by atoms with Gasteiger partial charge in [-0.25, -0.2) is 4.98 Å². The van der Waals surface area contributed by atoms with Crippen molar-refractivity contribution < 1.29 is 0 Å². The number of hydrogen-bond donors (Lipinski definition) is 0. The molecule has 2 heteroatoms. The highest BCUT2D eigenvalue weighted by molar-refractivity contribution is 6.31. The van der Waals surface area contributed by atoms with Gasteiger partial charge in [0.25, 0.3) is 0 Å². The monoisotopic (exact) mass is 479 g/mol. The molecule has 0 N–H and O–H groups in total. The van der Waals surface area contributed by atoms with Crippen LogP contribution in [0.3, 0.4) is 0 Å². The summed E-state index contributed by atoms with van der Waals surface area (Å²) in [6.07, 6.45) is 0. The molecule has 1 nitrogen and oxygen atoms in total. The molecule has 7 aromatic rings. The summed E-state index contributed by atoms with van der Waals surface area (Å²) in [4.78, 5) is 5.31. The molecule has 0 bridgehead atoms. The molecular weight excluding hydrogens is 458 g/mol. The Morgan fingerprint density at radius 1 is 0.500 bits per heavy atom. The highest BCUT2D eigenvalue weighted by atomic mass is 35.5. The number of pyridine rings is 1. The Morgan fingerprint density at radius 2 is 1.11 bits per heavy atom. The Labute approximate surface area is 214 Å². The Balaban J connectivity index is 1.62. The van der Waals surface area contributed by atoms with Gasteiger partial charge < -0.3 is 0 Å². The van der Waals surface area contributed by atoms with Crippen LogP contribution in [0.5, 0.6) is 0 Å². The van der Waals surface area contributed by atoms with Crippen LogP contribution in [0.1, 0.15) is 5.56 Å². The van der Waals surface area contributed by atoms with E-state index in [0.29, 0.717) is 0 Å². The van der Waals surface area contributed by atoms with Crippen LogP contribution in [0.25, 0.3) is 65.6 Å². The molecule has 0 amide bonds. The minimum Gasteiger partial charge on any atom is -0.246 e. The van der Waals surface area contributed by atoms with E-state index in [2.05, 4.69) is 110 Å². The van der Waals surface area contributed by atoms with Crippen LogP contribution in [0.4, 0.5) is 0 Å². The van der Waals surface area contributed by atoms with Crippen molar-refractivity contribution in [1.29, 1.82) is 0 Å². The second-order valence-corrected chi connectivity index (χ2v) is 9.89. The molecule has 0 fully saturated rings. The Kier molecular flexibility index (Phi) is 4.80. The van der Waals surface area contributed by atoms with Crippen LogP contribution in [0.2, 0.25) is 5.02 Å². The predicted octanol–water partition coefficient (Wildman–Crippen LogP) is 9.99. The van der Waals surface area contributed by atoms with E-state index in [1.807, 2.05) is 12.1 Å². The summed E-state index contributed by atoms with van der Waals surface area (Å²) >= 11 is 6.42. The third-order valence-electron chi connectivity index (χ3n) is 7.09. The first-order chi connectivity index (χ1) is 17.7. The lowest BCUT2D eigenvalue weighted by molar-refractivity contribution is 1.47. The first-order valence-electron chi connectivity index (χ1n) is 12.2.